The summed E-state index contributed by atoms with van der Waals surface area (Å²) in [5.41, 5.74) is 1.23. The lowest BCUT2D eigenvalue weighted by Crippen LogP contribution is -2.62. The maximum atomic E-state index is 13.0. The number of nitrogens with one attached hydrogen (secondary N) is 1. The molecular weight excluding hydrogens is 295 g/mol. The minimum absolute atomic E-state index is 0.0936. The highest BCUT2D eigenvalue weighted by molar-refractivity contribution is 5.51. The molecule has 1 N–H and O–H groups in total. The van der Waals surface area contributed by atoms with Crippen LogP contribution in [0.5, 0.6) is 5.75 Å². The standard InChI is InChI=1S/C15H16F3N3O/c1-9-12(22-11-4-14(5-11)7-19-8-14)3-2-10-6-20-13(21(9)10)15(16,17)18/h2-3,6,11,19H,4-5,7-8H2,1H3. The summed E-state index contributed by atoms with van der Waals surface area (Å²) in [5.74, 6) is -0.401. The molecule has 0 radical (unpaired) electrons. The molecule has 1 aliphatic heterocycles. The lowest BCUT2D eigenvalue weighted by molar-refractivity contribution is -0.145. The second-order valence-corrected chi connectivity index (χ2v) is 6.37. The van der Waals surface area contributed by atoms with Crippen molar-refractivity contribution in [3.63, 3.8) is 0 Å². The third kappa shape index (κ3) is 1.99. The molecule has 0 unspecified atom stereocenters. The van der Waals surface area contributed by atoms with Gasteiger partial charge in [0.15, 0.2) is 0 Å². The SMILES string of the molecule is Cc1c(OC2CC3(CNC3)C2)ccc2cnc(C(F)(F)F)n12. The molecule has 1 aliphatic carbocycles. The van der Waals surface area contributed by atoms with Crippen molar-refractivity contribution in [2.45, 2.75) is 32.0 Å². The molecule has 0 bridgehead atoms. The van der Waals surface area contributed by atoms with Crippen molar-refractivity contribution in [1.29, 1.82) is 0 Å². The van der Waals surface area contributed by atoms with E-state index in [1.807, 2.05) is 0 Å². The number of halogens is 3. The number of aromatic nitrogens is 2. The zero-order chi connectivity index (χ0) is 15.5. The van der Waals surface area contributed by atoms with E-state index in [-0.39, 0.29) is 6.10 Å². The van der Waals surface area contributed by atoms with E-state index in [0.717, 1.165) is 30.3 Å². The molecule has 1 saturated heterocycles. The summed E-state index contributed by atoms with van der Waals surface area (Å²) in [6.07, 6.45) is -1.22. The maximum absolute atomic E-state index is 13.0. The third-order valence-corrected chi connectivity index (χ3v) is 4.76. The van der Waals surface area contributed by atoms with Gasteiger partial charge in [-0.2, -0.15) is 13.2 Å². The number of alkyl halides is 3. The number of nitrogens with zero attached hydrogens (tertiary/aromatic N) is 2. The average Bonchev–Trinajstić information content (AvgIpc) is 2.77. The van der Waals surface area contributed by atoms with E-state index >= 15 is 0 Å². The van der Waals surface area contributed by atoms with Gasteiger partial charge in [0.2, 0.25) is 5.82 Å². The quantitative estimate of drug-likeness (QED) is 0.927. The molecule has 2 fully saturated rings. The Hall–Kier alpha value is -1.76. The van der Waals surface area contributed by atoms with Crippen LogP contribution in [0.2, 0.25) is 0 Å². The number of aryl methyl sites for hydroxylation is 1. The number of hydrogen-bond acceptors (Lipinski definition) is 3. The van der Waals surface area contributed by atoms with Crippen molar-refractivity contribution in [2.75, 3.05) is 13.1 Å². The molecule has 2 aromatic rings. The summed E-state index contributed by atoms with van der Waals surface area (Å²) in [7, 11) is 0. The monoisotopic (exact) mass is 311 g/mol. The molecule has 1 saturated carbocycles. The van der Waals surface area contributed by atoms with E-state index in [4.69, 9.17) is 4.74 Å². The topological polar surface area (TPSA) is 38.6 Å². The van der Waals surface area contributed by atoms with E-state index in [2.05, 4.69) is 10.3 Å². The van der Waals surface area contributed by atoms with Crippen molar-refractivity contribution in [1.82, 2.24) is 14.7 Å². The van der Waals surface area contributed by atoms with E-state index in [1.165, 1.54) is 6.20 Å². The highest BCUT2D eigenvalue weighted by Crippen LogP contribution is 2.46. The first-order valence-corrected chi connectivity index (χ1v) is 7.30. The minimum atomic E-state index is -4.48. The Kier molecular flexibility index (Phi) is 2.76. The molecule has 3 heterocycles. The summed E-state index contributed by atoms with van der Waals surface area (Å²) in [5, 5.41) is 3.25. The van der Waals surface area contributed by atoms with Gasteiger partial charge >= 0.3 is 6.18 Å². The minimum Gasteiger partial charge on any atom is -0.489 e. The van der Waals surface area contributed by atoms with Crippen LogP contribution in [0, 0.1) is 12.3 Å². The first-order chi connectivity index (χ1) is 10.4. The van der Waals surface area contributed by atoms with Crippen LogP contribution in [0.4, 0.5) is 13.2 Å². The molecule has 7 heteroatoms. The Bertz CT molecular complexity index is 725. The van der Waals surface area contributed by atoms with Crippen LogP contribution in [0.15, 0.2) is 18.3 Å². The lowest BCUT2D eigenvalue weighted by Gasteiger charge is -2.53. The second kappa shape index (κ2) is 4.38. The largest absolute Gasteiger partial charge is 0.489 e. The first-order valence-electron chi connectivity index (χ1n) is 7.30. The number of fused-ring (bicyclic) bond motifs is 1. The molecular formula is C15H16F3N3O. The maximum Gasteiger partial charge on any atom is 0.450 e. The van der Waals surface area contributed by atoms with Crippen LogP contribution in [-0.2, 0) is 6.18 Å². The Labute approximate surface area is 125 Å². The van der Waals surface area contributed by atoms with Gasteiger partial charge < -0.3 is 10.1 Å². The van der Waals surface area contributed by atoms with Crippen LogP contribution in [0.25, 0.3) is 5.52 Å². The highest BCUT2D eigenvalue weighted by atomic mass is 19.4. The van der Waals surface area contributed by atoms with Gasteiger partial charge in [0.25, 0.3) is 0 Å². The lowest BCUT2D eigenvalue weighted by atomic mass is 9.63. The second-order valence-electron chi connectivity index (χ2n) is 6.37. The summed E-state index contributed by atoms with van der Waals surface area (Å²) >= 11 is 0. The van der Waals surface area contributed by atoms with Crippen molar-refractivity contribution in [3.05, 3.63) is 29.8 Å². The predicted molar refractivity (Wildman–Crippen MR) is 73.9 cm³/mol. The first kappa shape index (κ1) is 13.9. The van der Waals surface area contributed by atoms with Crippen molar-refractivity contribution in [3.8, 4) is 5.75 Å². The molecule has 118 valence electrons. The zero-order valence-corrected chi connectivity index (χ0v) is 12.1. The molecule has 0 aromatic carbocycles. The molecule has 22 heavy (non-hydrogen) atoms. The van der Waals surface area contributed by atoms with Crippen LogP contribution < -0.4 is 10.1 Å². The van der Waals surface area contributed by atoms with Gasteiger partial charge in [0.1, 0.15) is 11.9 Å². The van der Waals surface area contributed by atoms with Crippen LogP contribution in [-0.4, -0.2) is 28.6 Å². The van der Waals surface area contributed by atoms with Crippen molar-refractivity contribution >= 4 is 5.52 Å². The molecule has 0 atom stereocenters. The summed E-state index contributed by atoms with van der Waals surface area (Å²) in [4.78, 5) is 3.50. The smallest absolute Gasteiger partial charge is 0.450 e. The van der Waals surface area contributed by atoms with Crippen LogP contribution >= 0.6 is 0 Å². The molecule has 1 spiro atoms. The average molecular weight is 311 g/mol. The van der Waals surface area contributed by atoms with E-state index < -0.39 is 12.0 Å². The molecule has 4 rings (SSSR count). The van der Waals surface area contributed by atoms with Gasteiger partial charge in [0.05, 0.1) is 17.4 Å². The number of imidazole rings is 1. The Morgan fingerprint density at radius 3 is 2.64 bits per heavy atom. The third-order valence-electron chi connectivity index (χ3n) is 4.76. The van der Waals surface area contributed by atoms with E-state index in [9.17, 15) is 13.2 Å². The zero-order valence-electron chi connectivity index (χ0n) is 12.1. The van der Waals surface area contributed by atoms with Crippen molar-refractivity contribution < 1.29 is 17.9 Å². The fraction of sp³-hybridized carbons (Fsp3) is 0.533. The van der Waals surface area contributed by atoms with E-state index in [0.29, 0.717) is 22.4 Å². The normalized spacial score (nSPS) is 20.9. The van der Waals surface area contributed by atoms with Gasteiger partial charge in [0, 0.05) is 18.5 Å². The summed E-state index contributed by atoms with van der Waals surface area (Å²) < 4.78 is 46.1. The Morgan fingerprint density at radius 2 is 2.05 bits per heavy atom. The van der Waals surface area contributed by atoms with Crippen LogP contribution in [0.1, 0.15) is 24.4 Å². The predicted octanol–water partition coefficient (Wildman–Crippen LogP) is 2.79. The number of ether oxygens (including phenoxy) is 1. The number of rotatable bonds is 2. The Morgan fingerprint density at radius 1 is 1.32 bits per heavy atom. The van der Waals surface area contributed by atoms with Gasteiger partial charge in [-0.15, -0.1) is 0 Å². The highest BCUT2D eigenvalue weighted by Gasteiger charge is 2.49. The van der Waals surface area contributed by atoms with E-state index in [1.54, 1.807) is 19.1 Å². The summed E-state index contributed by atoms with van der Waals surface area (Å²) in [6, 6.07) is 3.35. The molecule has 0 amide bonds. The fourth-order valence-electron chi connectivity index (χ4n) is 3.49. The fourth-order valence-corrected chi connectivity index (χ4v) is 3.49. The Balaban J connectivity index is 1.63. The van der Waals surface area contributed by atoms with Gasteiger partial charge in [-0.25, -0.2) is 4.98 Å². The number of pyridine rings is 1. The van der Waals surface area contributed by atoms with Gasteiger partial charge in [-0.3, -0.25) is 4.40 Å². The van der Waals surface area contributed by atoms with Crippen LogP contribution in [0.3, 0.4) is 0 Å². The molecule has 2 aromatic heterocycles. The van der Waals surface area contributed by atoms with Crippen molar-refractivity contribution in [2.24, 2.45) is 5.41 Å². The summed E-state index contributed by atoms with van der Waals surface area (Å²) in [6.45, 7) is 3.67. The molecule has 4 nitrogen and oxygen atoms in total. The number of hydrogen-bond donors (Lipinski definition) is 1. The van der Waals surface area contributed by atoms with Gasteiger partial charge in [-0.1, -0.05) is 0 Å². The van der Waals surface area contributed by atoms with Gasteiger partial charge in [-0.05, 0) is 31.9 Å². The molecule has 2 aliphatic rings.